The molecule has 0 bridgehead atoms. The van der Waals surface area contributed by atoms with E-state index in [0.717, 1.165) is 11.3 Å². The van der Waals surface area contributed by atoms with E-state index in [1.807, 2.05) is 36.4 Å². The molecule has 1 heterocycles. The first kappa shape index (κ1) is 17.6. The third kappa shape index (κ3) is 3.90. The first-order chi connectivity index (χ1) is 12.3. The number of primary amides is 1. The molecule has 0 fully saturated rings. The van der Waals surface area contributed by atoms with Crippen LogP contribution >= 0.6 is 0 Å². The minimum Gasteiger partial charge on any atom is -0.352 e. The van der Waals surface area contributed by atoms with Crippen molar-refractivity contribution in [3.05, 3.63) is 66.4 Å². The van der Waals surface area contributed by atoms with E-state index >= 15 is 0 Å². The predicted octanol–water partition coefficient (Wildman–Crippen LogP) is 1.35. The lowest BCUT2D eigenvalue weighted by atomic mass is 10.1. The Kier molecular flexibility index (Phi) is 4.74. The molecule has 0 saturated carbocycles. The molecule has 0 spiro atoms. The number of hydrogen-bond acceptors (Lipinski definition) is 4. The average molecular weight is 371 g/mol. The SMILES string of the molecule is NC(=O)NCc1cc(-c2ccccc2)n(-c2ccc(S(N)(=O)=O)cc2)n1. The molecule has 0 aliphatic rings. The van der Waals surface area contributed by atoms with Gasteiger partial charge in [-0.25, -0.2) is 23.0 Å². The zero-order valence-corrected chi connectivity index (χ0v) is 14.5. The molecular formula is C17H17N5O3S. The summed E-state index contributed by atoms with van der Waals surface area (Å²) in [5.41, 5.74) is 8.08. The van der Waals surface area contributed by atoms with Crippen LogP contribution in [0.2, 0.25) is 0 Å². The maximum absolute atomic E-state index is 11.4. The molecule has 8 nitrogen and oxygen atoms in total. The van der Waals surface area contributed by atoms with Gasteiger partial charge < -0.3 is 11.1 Å². The number of benzene rings is 2. The van der Waals surface area contributed by atoms with E-state index in [-0.39, 0.29) is 11.4 Å². The Bertz CT molecular complexity index is 1030. The van der Waals surface area contributed by atoms with Crippen molar-refractivity contribution in [1.29, 1.82) is 0 Å². The number of rotatable bonds is 5. The summed E-state index contributed by atoms with van der Waals surface area (Å²) < 4.78 is 24.5. The number of amides is 2. The molecule has 0 unspecified atom stereocenters. The van der Waals surface area contributed by atoms with Crippen molar-refractivity contribution in [2.24, 2.45) is 10.9 Å². The van der Waals surface area contributed by atoms with Gasteiger partial charge >= 0.3 is 6.03 Å². The third-order valence-electron chi connectivity index (χ3n) is 3.68. The van der Waals surface area contributed by atoms with Crippen LogP contribution in [0.1, 0.15) is 5.69 Å². The van der Waals surface area contributed by atoms with Crippen molar-refractivity contribution in [3.63, 3.8) is 0 Å². The Labute approximate surface area is 150 Å². The Hall–Kier alpha value is -3.17. The molecule has 1 aromatic heterocycles. The smallest absolute Gasteiger partial charge is 0.312 e. The van der Waals surface area contributed by atoms with Gasteiger partial charge in [-0.05, 0) is 30.3 Å². The summed E-state index contributed by atoms with van der Waals surface area (Å²) in [6.07, 6.45) is 0. The Morgan fingerprint density at radius 1 is 1.08 bits per heavy atom. The second-order valence-electron chi connectivity index (χ2n) is 5.56. The average Bonchev–Trinajstić information content (AvgIpc) is 3.04. The van der Waals surface area contributed by atoms with Crippen LogP contribution in [0, 0.1) is 0 Å². The number of carbonyl (C=O) groups excluding carboxylic acids is 1. The fraction of sp³-hybridized carbons (Fsp3) is 0.0588. The van der Waals surface area contributed by atoms with Crippen molar-refractivity contribution < 1.29 is 13.2 Å². The van der Waals surface area contributed by atoms with Crippen molar-refractivity contribution in [1.82, 2.24) is 15.1 Å². The highest BCUT2D eigenvalue weighted by Gasteiger charge is 2.13. The molecule has 134 valence electrons. The van der Waals surface area contributed by atoms with Crippen LogP contribution in [-0.2, 0) is 16.6 Å². The van der Waals surface area contributed by atoms with Crippen LogP contribution in [0.15, 0.2) is 65.6 Å². The molecule has 0 aliphatic heterocycles. The zero-order chi connectivity index (χ0) is 18.7. The quantitative estimate of drug-likeness (QED) is 0.624. The monoisotopic (exact) mass is 371 g/mol. The highest BCUT2D eigenvalue weighted by molar-refractivity contribution is 7.89. The Morgan fingerprint density at radius 2 is 1.73 bits per heavy atom. The lowest BCUT2D eigenvalue weighted by molar-refractivity contribution is 0.248. The van der Waals surface area contributed by atoms with Crippen molar-refractivity contribution >= 4 is 16.1 Å². The zero-order valence-electron chi connectivity index (χ0n) is 13.7. The molecule has 3 rings (SSSR count). The summed E-state index contributed by atoms with van der Waals surface area (Å²) in [5, 5.41) is 12.1. The fourth-order valence-corrected chi connectivity index (χ4v) is 3.00. The molecular weight excluding hydrogens is 354 g/mol. The molecule has 3 aromatic rings. The number of nitrogens with two attached hydrogens (primary N) is 2. The van der Waals surface area contributed by atoms with Gasteiger partial charge in [0.05, 0.1) is 28.5 Å². The molecule has 0 atom stereocenters. The Balaban J connectivity index is 2.05. The normalized spacial score (nSPS) is 11.3. The summed E-state index contributed by atoms with van der Waals surface area (Å²) >= 11 is 0. The number of primary sulfonamides is 1. The van der Waals surface area contributed by atoms with Gasteiger partial charge in [0.25, 0.3) is 0 Å². The number of hydrogen-bond donors (Lipinski definition) is 3. The van der Waals surface area contributed by atoms with Gasteiger partial charge in [0.1, 0.15) is 0 Å². The lowest BCUT2D eigenvalue weighted by Gasteiger charge is -2.08. The van der Waals surface area contributed by atoms with E-state index < -0.39 is 16.1 Å². The topological polar surface area (TPSA) is 133 Å². The van der Waals surface area contributed by atoms with Crippen molar-refractivity contribution in [3.8, 4) is 16.9 Å². The minimum atomic E-state index is -3.77. The van der Waals surface area contributed by atoms with E-state index in [0.29, 0.717) is 11.4 Å². The van der Waals surface area contributed by atoms with Gasteiger partial charge in [0, 0.05) is 5.56 Å². The van der Waals surface area contributed by atoms with Crippen molar-refractivity contribution in [2.45, 2.75) is 11.4 Å². The Morgan fingerprint density at radius 3 is 2.31 bits per heavy atom. The maximum Gasteiger partial charge on any atom is 0.312 e. The first-order valence-electron chi connectivity index (χ1n) is 7.65. The standard InChI is InChI=1S/C17H17N5O3S/c18-17(23)20-11-13-10-16(12-4-2-1-3-5-12)22(21-13)14-6-8-15(9-7-14)26(19,24)25/h1-10H,11H2,(H3,18,20,23)(H2,19,24,25). The number of urea groups is 1. The van der Waals surface area contributed by atoms with Gasteiger partial charge in [-0.1, -0.05) is 30.3 Å². The predicted molar refractivity (Wildman–Crippen MR) is 96.8 cm³/mol. The molecule has 0 saturated heterocycles. The van der Waals surface area contributed by atoms with Gasteiger partial charge in [0.15, 0.2) is 0 Å². The van der Waals surface area contributed by atoms with Crippen LogP contribution < -0.4 is 16.2 Å². The lowest BCUT2D eigenvalue weighted by Crippen LogP contribution is -2.28. The van der Waals surface area contributed by atoms with Gasteiger partial charge in [-0.15, -0.1) is 0 Å². The second-order valence-corrected chi connectivity index (χ2v) is 7.12. The van der Waals surface area contributed by atoms with Crippen LogP contribution in [0.3, 0.4) is 0 Å². The van der Waals surface area contributed by atoms with Gasteiger partial charge in [-0.3, -0.25) is 0 Å². The van der Waals surface area contributed by atoms with Crippen LogP contribution in [0.25, 0.3) is 16.9 Å². The third-order valence-corrected chi connectivity index (χ3v) is 4.61. The van der Waals surface area contributed by atoms with E-state index in [2.05, 4.69) is 10.4 Å². The number of nitrogens with one attached hydrogen (secondary N) is 1. The van der Waals surface area contributed by atoms with E-state index in [9.17, 15) is 13.2 Å². The van der Waals surface area contributed by atoms with Crippen molar-refractivity contribution in [2.75, 3.05) is 0 Å². The number of aromatic nitrogens is 2. The molecule has 2 amide bonds. The summed E-state index contributed by atoms with van der Waals surface area (Å²) in [5.74, 6) is 0. The minimum absolute atomic E-state index is 0.0188. The maximum atomic E-state index is 11.4. The number of nitrogens with zero attached hydrogens (tertiary/aromatic N) is 2. The molecule has 26 heavy (non-hydrogen) atoms. The highest BCUT2D eigenvalue weighted by atomic mass is 32.2. The summed E-state index contributed by atoms with van der Waals surface area (Å²) in [7, 11) is -3.77. The molecule has 2 aromatic carbocycles. The molecule has 9 heteroatoms. The summed E-state index contributed by atoms with van der Waals surface area (Å²) in [4.78, 5) is 11.0. The molecule has 0 aliphatic carbocycles. The number of sulfonamides is 1. The summed E-state index contributed by atoms with van der Waals surface area (Å²) in [6, 6.07) is 16.8. The van der Waals surface area contributed by atoms with Crippen LogP contribution in [0.4, 0.5) is 4.79 Å². The second kappa shape index (κ2) is 6.98. The van der Waals surface area contributed by atoms with E-state index in [1.54, 1.807) is 16.8 Å². The largest absolute Gasteiger partial charge is 0.352 e. The molecule has 0 radical (unpaired) electrons. The summed E-state index contributed by atoms with van der Waals surface area (Å²) in [6.45, 7) is 0.178. The van der Waals surface area contributed by atoms with E-state index in [4.69, 9.17) is 10.9 Å². The fourth-order valence-electron chi connectivity index (χ4n) is 2.48. The molecule has 5 N–H and O–H groups in total. The first-order valence-corrected chi connectivity index (χ1v) is 9.20. The van der Waals surface area contributed by atoms with Gasteiger partial charge in [0.2, 0.25) is 10.0 Å². The van der Waals surface area contributed by atoms with Gasteiger partial charge in [-0.2, -0.15) is 5.10 Å². The number of carbonyl (C=O) groups is 1. The van der Waals surface area contributed by atoms with Crippen LogP contribution in [-0.4, -0.2) is 24.2 Å². The van der Waals surface area contributed by atoms with E-state index in [1.165, 1.54) is 12.1 Å². The highest BCUT2D eigenvalue weighted by Crippen LogP contribution is 2.24. The van der Waals surface area contributed by atoms with Crippen LogP contribution in [0.5, 0.6) is 0 Å².